The predicted molar refractivity (Wildman–Crippen MR) is 114 cm³/mol. The summed E-state index contributed by atoms with van der Waals surface area (Å²) in [4.78, 5) is 19.3. The van der Waals surface area contributed by atoms with Gasteiger partial charge in [0.05, 0.1) is 0 Å². The zero-order chi connectivity index (χ0) is 17.7. The summed E-state index contributed by atoms with van der Waals surface area (Å²) < 4.78 is 0. The SMILES string of the molecule is CN1CCN(Cc2cccc(C(=O)N(C)CC(C)(C)CN)c2)CC1.Cl.Cl. The van der Waals surface area contributed by atoms with Crippen LogP contribution in [0.3, 0.4) is 0 Å². The summed E-state index contributed by atoms with van der Waals surface area (Å²) in [6, 6.07) is 8.04. The van der Waals surface area contributed by atoms with Gasteiger partial charge in [0, 0.05) is 51.9 Å². The summed E-state index contributed by atoms with van der Waals surface area (Å²) in [7, 11) is 4.02. The van der Waals surface area contributed by atoms with E-state index >= 15 is 0 Å². The van der Waals surface area contributed by atoms with Crippen molar-refractivity contribution < 1.29 is 4.79 Å². The van der Waals surface area contributed by atoms with E-state index in [1.54, 1.807) is 4.90 Å². The molecule has 1 aromatic rings. The fourth-order valence-corrected chi connectivity index (χ4v) is 3.07. The van der Waals surface area contributed by atoms with Gasteiger partial charge in [0.25, 0.3) is 5.91 Å². The van der Waals surface area contributed by atoms with Gasteiger partial charge in [-0.3, -0.25) is 9.69 Å². The van der Waals surface area contributed by atoms with Crippen LogP contribution in [0.15, 0.2) is 24.3 Å². The van der Waals surface area contributed by atoms with Crippen LogP contribution in [-0.2, 0) is 6.54 Å². The smallest absolute Gasteiger partial charge is 0.253 e. The number of carbonyl (C=O) groups is 1. The van der Waals surface area contributed by atoms with E-state index in [0.717, 1.165) is 38.3 Å². The highest BCUT2D eigenvalue weighted by atomic mass is 35.5. The van der Waals surface area contributed by atoms with Gasteiger partial charge in [-0.1, -0.05) is 26.0 Å². The number of amides is 1. The number of piperazine rings is 1. The van der Waals surface area contributed by atoms with Gasteiger partial charge in [-0.2, -0.15) is 0 Å². The highest BCUT2D eigenvalue weighted by Gasteiger charge is 2.22. The van der Waals surface area contributed by atoms with Crippen molar-refractivity contribution in [1.29, 1.82) is 0 Å². The van der Waals surface area contributed by atoms with E-state index in [-0.39, 0.29) is 36.1 Å². The summed E-state index contributed by atoms with van der Waals surface area (Å²) in [6.45, 7) is 10.7. The maximum absolute atomic E-state index is 12.7. The second-order valence-corrected chi connectivity index (χ2v) is 7.81. The largest absolute Gasteiger partial charge is 0.341 e. The average Bonchev–Trinajstić information content (AvgIpc) is 2.56. The molecule has 0 aromatic heterocycles. The number of likely N-dealkylation sites (N-methyl/N-ethyl adjacent to an activating group) is 1. The molecular formula is C19H34Cl2N4O. The third-order valence-electron chi connectivity index (χ3n) is 4.74. The van der Waals surface area contributed by atoms with E-state index in [9.17, 15) is 4.79 Å². The van der Waals surface area contributed by atoms with Crippen molar-refractivity contribution in [3.63, 3.8) is 0 Å². The summed E-state index contributed by atoms with van der Waals surface area (Å²) in [6.07, 6.45) is 0. The lowest BCUT2D eigenvalue weighted by Crippen LogP contribution is -2.43. The van der Waals surface area contributed by atoms with Crippen molar-refractivity contribution in [2.45, 2.75) is 20.4 Å². The topological polar surface area (TPSA) is 52.8 Å². The van der Waals surface area contributed by atoms with Crippen molar-refractivity contribution in [2.75, 3.05) is 53.4 Å². The van der Waals surface area contributed by atoms with Crippen LogP contribution in [0.1, 0.15) is 29.8 Å². The predicted octanol–water partition coefficient (Wildman–Crippen LogP) is 2.33. The first-order valence-electron chi connectivity index (χ1n) is 8.76. The Morgan fingerprint density at radius 1 is 1.19 bits per heavy atom. The van der Waals surface area contributed by atoms with Crippen LogP contribution in [0.2, 0.25) is 0 Å². The number of hydrogen-bond donors (Lipinski definition) is 1. The zero-order valence-electron chi connectivity index (χ0n) is 16.4. The Morgan fingerprint density at radius 3 is 2.38 bits per heavy atom. The molecule has 5 nitrogen and oxygen atoms in total. The number of benzene rings is 1. The fraction of sp³-hybridized carbons (Fsp3) is 0.632. The summed E-state index contributed by atoms with van der Waals surface area (Å²) in [5.41, 5.74) is 7.68. The second-order valence-electron chi connectivity index (χ2n) is 7.81. The molecule has 2 N–H and O–H groups in total. The molecule has 1 aromatic carbocycles. The van der Waals surface area contributed by atoms with Crippen LogP contribution in [0.25, 0.3) is 0 Å². The van der Waals surface area contributed by atoms with Crippen molar-refractivity contribution in [1.82, 2.24) is 14.7 Å². The molecule has 1 heterocycles. The monoisotopic (exact) mass is 404 g/mol. The quantitative estimate of drug-likeness (QED) is 0.790. The fourth-order valence-electron chi connectivity index (χ4n) is 3.07. The molecule has 26 heavy (non-hydrogen) atoms. The summed E-state index contributed by atoms with van der Waals surface area (Å²) in [5, 5.41) is 0. The van der Waals surface area contributed by atoms with Gasteiger partial charge in [-0.05, 0) is 36.7 Å². The van der Waals surface area contributed by atoms with E-state index in [1.165, 1.54) is 5.56 Å². The van der Waals surface area contributed by atoms with E-state index in [0.29, 0.717) is 13.1 Å². The molecule has 0 bridgehead atoms. The molecule has 0 radical (unpaired) electrons. The molecule has 1 aliphatic rings. The summed E-state index contributed by atoms with van der Waals surface area (Å²) in [5.74, 6) is 0.0664. The zero-order valence-corrected chi connectivity index (χ0v) is 18.0. The van der Waals surface area contributed by atoms with E-state index in [1.807, 2.05) is 25.2 Å². The molecule has 1 saturated heterocycles. The molecular weight excluding hydrogens is 371 g/mol. The Morgan fingerprint density at radius 2 is 1.81 bits per heavy atom. The second kappa shape index (κ2) is 11.1. The Bertz CT molecular complexity index is 560. The molecule has 0 atom stereocenters. The van der Waals surface area contributed by atoms with Crippen molar-refractivity contribution in [2.24, 2.45) is 11.1 Å². The van der Waals surface area contributed by atoms with Gasteiger partial charge in [0.1, 0.15) is 0 Å². The molecule has 2 rings (SSSR count). The van der Waals surface area contributed by atoms with Gasteiger partial charge >= 0.3 is 0 Å². The van der Waals surface area contributed by atoms with Crippen LogP contribution < -0.4 is 5.73 Å². The Hall–Kier alpha value is -0.850. The van der Waals surface area contributed by atoms with E-state index in [2.05, 4.69) is 36.8 Å². The molecule has 150 valence electrons. The number of halogens is 2. The lowest BCUT2D eigenvalue weighted by molar-refractivity contribution is 0.0740. The average molecular weight is 405 g/mol. The van der Waals surface area contributed by atoms with Gasteiger partial charge < -0.3 is 15.5 Å². The number of nitrogens with two attached hydrogens (primary N) is 1. The maximum Gasteiger partial charge on any atom is 0.253 e. The Kier molecular flexibility index (Phi) is 10.7. The van der Waals surface area contributed by atoms with Gasteiger partial charge in [0.2, 0.25) is 0 Å². The standard InChI is InChI=1S/C19H32N4O.2ClH/c1-19(2,14-20)15-22(4)18(24)17-7-5-6-16(12-17)13-23-10-8-21(3)9-11-23;;/h5-7,12H,8-11,13-15,20H2,1-4H3;2*1H. The number of nitrogens with zero attached hydrogens (tertiary/aromatic N) is 3. The molecule has 1 fully saturated rings. The minimum Gasteiger partial charge on any atom is -0.341 e. The lowest BCUT2D eigenvalue weighted by Gasteiger charge is -2.32. The molecule has 1 amide bonds. The lowest BCUT2D eigenvalue weighted by atomic mass is 9.93. The van der Waals surface area contributed by atoms with Crippen molar-refractivity contribution in [3.8, 4) is 0 Å². The van der Waals surface area contributed by atoms with Crippen LogP contribution in [0.5, 0.6) is 0 Å². The van der Waals surface area contributed by atoms with Crippen LogP contribution in [0.4, 0.5) is 0 Å². The Labute approximate surface area is 170 Å². The first-order chi connectivity index (χ1) is 11.3. The molecule has 7 heteroatoms. The normalized spacial score (nSPS) is 15.7. The van der Waals surface area contributed by atoms with E-state index < -0.39 is 0 Å². The minimum atomic E-state index is -0.0676. The first kappa shape index (κ1) is 25.1. The van der Waals surface area contributed by atoms with Crippen LogP contribution >= 0.6 is 24.8 Å². The molecule has 0 spiro atoms. The Balaban J connectivity index is 0.00000312. The third kappa shape index (κ3) is 7.41. The highest BCUT2D eigenvalue weighted by molar-refractivity contribution is 5.94. The molecule has 0 aliphatic carbocycles. The number of carbonyl (C=O) groups excluding carboxylic acids is 1. The maximum atomic E-state index is 12.7. The minimum absolute atomic E-state index is 0. The van der Waals surface area contributed by atoms with Crippen LogP contribution in [-0.4, -0.2) is 74.0 Å². The van der Waals surface area contributed by atoms with Gasteiger partial charge in [0.15, 0.2) is 0 Å². The molecule has 0 unspecified atom stereocenters. The van der Waals surface area contributed by atoms with Crippen LogP contribution in [0, 0.1) is 5.41 Å². The van der Waals surface area contributed by atoms with Crippen molar-refractivity contribution in [3.05, 3.63) is 35.4 Å². The van der Waals surface area contributed by atoms with E-state index in [4.69, 9.17) is 5.73 Å². The molecule has 0 saturated carbocycles. The van der Waals surface area contributed by atoms with Gasteiger partial charge in [-0.25, -0.2) is 0 Å². The van der Waals surface area contributed by atoms with Crippen molar-refractivity contribution >= 4 is 30.7 Å². The van der Waals surface area contributed by atoms with Gasteiger partial charge in [-0.15, -0.1) is 24.8 Å². The summed E-state index contributed by atoms with van der Waals surface area (Å²) >= 11 is 0. The number of hydrogen-bond acceptors (Lipinski definition) is 4. The molecule has 1 aliphatic heterocycles. The third-order valence-corrected chi connectivity index (χ3v) is 4.74. The number of rotatable bonds is 6. The first-order valence-corrected chi connectivity index (χ1v) is 8.76. The highest BCUT2D eigenvalue weighted by Crippen LogP contribution is 2.17.